The molecule has 0 amide bonds. The summed E-state index contributed by atoms with van der Waals surface area (Å²) in [6.45, 7) is 4.13. The molecule has 0 spiro atoms. The summed E-state index contributed by atoms with van der Waals surface area (Å²) < 4.78 is 1.69. The van der Waals surface area contributed by atoms with Crippen molar-refractivity contribution in [1.82, 2.24) is 29.8 Å². The second kappa shape index (κ2) is 6.68. The summed E-state index contributed by atoms with van der Waals surface area (Å²) in [5.41, 5.74) is 3.77. The topological polar surface area (TPSA) is 85.6 Å². The summed E-state index contributed by atoms with van der Waals surface area (Å²) in [7, 11) is 0. The lowest BCUT2D eigenvalue weighted by Crippen LogP contribution is -2.32. The van der Waals surface area contributed by atoms with Crippen LogP contribution in [0.2, 0.25) is 0 Å². The highest BCUT2D eigenvalue weighted by molar-refractivity contribution is 5.70. The van der Waals surface area contributed by atoms with Gasteiger partial charge in [-0.15, -0.1) is 0 Å². The van der Waals surface area contributed by atoms with Crippen LogP contribution >= 0.6 is 0 Å². The van der Waals surface area contributed by atoms with Crippen molar-refractivity contribution in [2.75, 3.05) is 13.1 Å². The summed E-state index contributed by atoms with van der Waals surface area (Å²) in [6.07, 6.45) is 8.52. The minimum Gasteiger partial charge on any atom is -0.317 e. The van der Waals surface area contributed by atoms with Crippen LogP contribution in [-0.2, 0) is 6.54 Å². The van der Waals surface area contributed by atoms with Gasteiger partial charge in [-0.2, -0.15) is 0 Å². The molecule has 1 fully saturated rings. The molecule has 4 rings (SSSR count). The van der Waals surface area contributed by atoms with Gasteiger partial charge >= 0.3 is 0 Å². The third kappa shape index (κ3) is 3.02. The lowest BCUT2D eigenvalue weighted by molar-refractivity contribution is 0.456. The fourth-order valence-corrected chi connectivity index (χ4v) is 3.43. The molecule has 0 aromatic carbocycles. The number of nitrogens with zero attached hydrogens (tertiary/aromatic N) is 5. The lowest BCUT2D eigenvalue weighted by Gasteiger charge is -2.23. The Balaban J connectivity index is 1.87. The summed E-state index contributed by atoms with van der Waals surface area (Å²) in [6, 6.07) is 1.92. The quantitative estimate of drug-likeness (QED) is 0.778. The van der Waals surface area contributed by atoms with Gasteiger partial charge in [-0.25, -0.2) is 4.98 Å². The zero-order valence-electron chi connectivity index (χ0n) is 14.1. The average Bonchev–Trinajstić information content (AvgIpc) is 2.66. The van der Waals surface area contributed by atoms with Gasteiger partial charge in [0.05, 0.1) is 17.9 Å². The third-order valence-electron chi connectivity index (χ3n) is 4.82. The van der Waals surface area contributed by atoms with E-state index in [0.717, 1.165) is 48.4 Å². The molecule has 128 valence electrons. The van der Waals surface area contributed by atoms with Crippen LogP contribution in [-0.4, -0.2) is 37.6 Å². The summed E-state index contributed by atoms with van der Waals surface area (Å²) in [5.74, 6) is 0.259. The van der Waals surface area contributed by atoms with Crippen molar-refractivity contribution in [3.63, 3.8) is 0 Å². The van der Waals surface area contributed by atoms with E-state index >= 15 is 0 Å². The molecule has 0 radical (unpaired) electrons. The number of fused-ring (bicyclic) bond motifs is 1. The van der Waals surface area contributed by atoms with E-state index in [0.29, 0.717) is 12.2 Å². The molecule has 1 aliphatic rings. The van der Waals surface area contributed by atoms with Gasteiger partial charge in [-0.05, 0) is 44.8 Å². The summed E-state index contributed by atoms with van der Waals surface area (Å²) in [5, 5.41) is 3.35. The zero-order valence-corrected chi connectivity index (χ0v) is 14.1. The first-order chi connectivity index (χ1) is 12.2. The first-order valence-electron chi connectivity index (χ1n) is 8.55. The van der Waals surface area contributed by atoms with Crippen molar-refractivity contribution in [3.05, 3.63) is 58.2 Å². The first kappa shape index (κ1) is 15.8. The zero-order chi connectivity index (χ0) is 17.2. The van der Waals surface area contributed by atoms with E-state index in [1.54, 1.807) is 29.4 Å². The highest BCUT2D eigenvalue weighted by Crippen LogP contribution is 2.24. The van der Waals surface area contributed by atoms with E-state index in [4.69, 9.17) is 0 Å². The predicted molar refractivity (Wildman–Crippen MR) is 94.5 cm³/mol. The van der Waals surface area contributed by atoms with Gasteiger partial charge in [0, 0.05) is 30.4 Å². The molecule has 1 aliphatic heterocycles. The van der Waals surface area contributed by atoms with Gasteiger partial charge in [0.15, 0.2) is 5.65 Å². The number of aromatic nitrogens is 5. The predicted octanol–water partition coefficient (Wildman–Crippen LogP) is 1.41. The standard InChI is InChI=1S/C18H20N6O/c1-12-16(22-7-6-20-12)11-24-17-15(21-8-9-23-17)10-14(18(24)25)13-2-4-19-5-3-13/h6-10,13,19H,2-5,11H2,1H3. The van der Waals surface area contributed by atoms with E-state index in [2.05, 4.69) is 25.3 Å². The van der Waals surface area contributed by atoms with Crippen LogP contribution in [0.3, 0.4) is 0 Å². The maximum atomic E-state index is 13.2. The van der Waals surface area contributed by atoms with Gasteiger partial charge in [0.25, 0.3) is 5.56 Å². The maximum Gasteiger partial charge on any atom is 0.256 e. The first-order valence-corrected chi connectivity index (χ1v) is 8.55. The number of aryl methyl sites for hydroxylation is 1. The molecule has 3 aromatic heterocycles. The Morgan fingerprint density at radius 3 is 2.60 bits per heavy atom. The fourth-order valence-electron chi connectivity index (χ4n) is 3.43. The van der Waals surface area contributed by atoms with Gasteiger partial charge in [-0.1, -0.05) is 0 Å². The SMILES string of the molecule is Cc1nccnc1Cn1c(=O)c(C2CCNCC2)cc2nccnc21. The van der Waals surface area contributed by atoms with Gasteiger partial charge < -0.3 is 5.32 Å². The Hall–Kier alpha value is -2.67. The maximum absolute atomic E-state index is 13.2. The van der Waals surface area contributed by atoms with Crippen LogP contribution in [0.5, 0.6) is 0 Å². The number of hydrogen-bond donors (Lipinski definition) is 1. The lowest BCUT2D eigenvalue weighted by atomic mass is 9.91. The number of piperidine rings is 1. The minimum absolute atomic E-state index is 0.00459. The molecule has 1 N–H and O–H groups in total. The molecule has 0 saturated carbocycles. The Bertz CT molecular complexity index is 961. The molecule has 4 heterocycles. The molecule has 3 aromatic rings. The molecule has 0 bridgehead atoms. The van der Waals surface area contributed by atoms with Crippen LogP contribution in [0.1, 0.15) is 35.7 Å². The van der Waals surface area contributed by atoms with Gasteiger partial charge in [0.2, 0.25) is 0 Å². The number of nitrogens with one attached hydrogen (secondary N) is 1. The Morgan fingerprint density at radius 1 is 1.08 bits per heavy atom. The molecule has 0 atom stereocenters. The molecular formula is C18H20N6O. The molecule has 7 heteroatoms. The fraction of sp³-hybridized carbons (Fsp3) is 0.389. The summed E-state index contributed by atoms with van der Waals surface area (Å²) >= 11 is 0. The molecular weight excluding hydrogens is 316 g/mol. The van der Waals surface area contributed by atoms with Gasteiger partial charge in [-0.3, -0.25) is 24.3 Å². The largest absolute Gasteiger partial charge is 0.317 e. The van der Waals surface area contributed by atoms with Crippen molar-refractivity contribution in [2.24, 2.45) is 0 Å². The van der Waals surface area contributed by atoms with Crippen molar-refractivity contribution in [2.45, 2.75) is 32.2 Å². The summed E-state index contributed by atoms with van der Waals surface area (Å²) in [4.78, 5) is 30.7. The normalized spacial score (nSPS) is 15.6. The average molecular weight is 336 g/mol. The van der Waals surface area contributed by atoms with Crippen LogP contribution in [0.15, 0.2) is 35.6 Å². The monoisotopic (exact) mass is 336 g/mol. The van der Waals surface area contributed by atoms with E-state index in [1.807, 2.05) is 13.0 Å². The molecule has 1 saturated heterocycles. The van der Waals surface area contributed by atoms with Crippen molar-refractivity contribution in [1.29, 1.82) is 0 Å². The Morgan fingerprint density at radius 2 is 1.80 bits per heavy atom. The van der Waals surface area contributed by atoms with E-state index in [1.165, 1.54) is 0 Å². The second-order valence-corrected chi connectivity index (χ2v) is 6.37. The smallest absolute Gasteiger partial charge is 0.256 e. The number of rotatable bonds is 3. The third-order valence-corrected chi connectivity index (χ3v) is 4.82. The molecule has 7 nitrogen and oxygen atoms in total. The minimum atomic E-state index is 0.00459. The Kier molecular flexibility index (Phi) is 4.23. The highest BCUT2D eigenvalue weighted by Gasteiger charge is 2.21. The highest BCUT2D eigenvalue weighted by atomic mass is 16.1. The number of hydrogen-bond acceptors (Lipinski definition) is 6. The van der Waals surface area contributed by atoms with Crippen molar-refractivity contribution < 1.29 is 0 Å². The van der Waals surface area contributed by atoms with Crippen LogP contribution < -0.4 is 10.9 Å². The van der Waals surface area contributed by atoms with Crippen LogP contribution in [0, 0.1) is 6.92 Å². The van der Waals surface area contributed by atoms with E-state index in [9.17, 15) is 4.79 Å². The van der Waals surface area contributed by atoms with Crippen LogP contribution in [0.4, 0.5) is 0 Å². The molecule has 25 heavy (non-hydrogen) atoms. The molecule has 0 aliphatic carbocycles. The second-order valence-electron chi connectivity index (χ2n) is 6.37. The molecule has 0 unspecified atom stereocenters. The number of pyridine rings is 1. The Labute approximate surface area is 145 Å². The van der Waals surface area contributed by atoms with Crippen molar-refractivity contribution in [3.8, 4) is 0 Å². The van der Waals surface area contributed by atoms with Crippen LogP contribution in [0.25, 0.3) is 11.2 Å². The van der Waals surface area contributed by atoms with E-state index < -0.39 is 0 Å². The van der Waals surface area contributed by atoms with E-state index in [-0.39, 0.29) is 11.5 Å². The van der Waals surface area contributed by atoms with Crippen molar-refractivity contribution >= 4 is 11.2 Å². The van der Waals surface area contributed by atoms with Gasteiger partial charge in [0.1, 0.15) is 5.52 Å².